The number of nitrogens with two attached hydrogens (primary N) is 1. The van der Waals surface area contributed by atoms with E-state index in [0.717, 1.165) is 17.1 Å². The Balaban J connectivity index is 2.30. The Bertz CT molecular complexity index is 811. The minimum absolute atomic E-state index is 0.649. The quantitative estimate of drug-likeness (QED) is 0.799. The van der Waals surface area contributed by atoms with Gasteiger partial charge in [0.25, 0.3) is 0 Å². The van der Waals surface area contributed by atoms with Gasteiger partial charge in [-0.2, -0.15) is 0 Å². The lowest BCUT2D eigenvalue weighted by Gasteiger charge is -2.08. The highest BCUT2D eigenvalue weighted by molar-refractivity contribution is 7.17. The fourth-order valence-corrected chi connectivity index (χ4v) is 3.88. The summed E-state index contributed by atoms with van der Waals surface area (Å²) in [5.41, 5.74) is 13.3. The lowest BCUT2D eigenvalue weighted by atomic mass is 10.0. The molecule has 0 amide bonds. The van der Waals surface area contributed by atoms with Gasteiger partial charge in [0, 0.05) is 17.0 Å². The number of aromatic nitrogens is 2. The third kappa shape index (κ3) is 2.28. The highest BCUT2D eigenvalue weighted by Crippen LogP contribution is 2.34. The topological polar surface area (TPSA) is 43.3 Å². The summed E-state index contributed by atoms with van der Waals surface area (Å²) >= 11 is 1.76. The zero-order valence-electron chi connectivity index (χ0n) is 13.0. The van der Waals surface area contributed by atoms with Gasteiger partial charge in [-0.3, -0.25) is 4.40 Å². The van der Waals surface area contributed by atoms with Gasteiger partial charge in [-0.1, -0.05) is 12.1 Å². The molecule has 3 rings (SSSR count). The Hall–Kier alpha value is -1.65. The zero-order valence-corrected chi connectivity index (χ0v) is 13.8. The molecule has 3 nitrogen and oxygen atoms in total. The third-order valence-corrected chi connectivity index (χ3v) is 5.06. The van der Waals surface area contributed by atoms with Crippen molar-refractivity contribution in [2.45, 2.75) is 34.1 Å². The molecule has 1 aromatic carbocycles. The first-order chi connectivity index (χ1) is 10.0. The van der Waals surface area contributed by atoms with Gasteiger partial charge >= 0.3 is 0 Å². The summed E-state index contributed by atoms with van der Waals surface area (Å²) in [4.78, 5) is 7.08. The van der Waals surface area contributed by atoms with Crippen LogP contribution in [0.1, 0.15) is 27.4 Å². The van der Waals surface area contributed by atoms with E-state index in [0.29, 0.717) is 6.54 Å². The molecule has 0 aliphatic rings. The first-order valence-electron chi connectivity index (χ1n) is 7.28. The fourth-order valence-electron chi connectivity index (χ4n) is 2.83. The summed E-state index contributed by atoms with van der Waals surface area (Å²) < 4.78 is 2.30. The van der Waals surface area contributed by atoms with E-state index in [4.69, 9.17) is 10.7 Å². The lowest BCUT2D eigenvalue weighted by Crippen LogP contribution is -2.07. The second-order valence-corrected chi connectivity index (χ2v) is 6.79. The third-order valence-electron chi connectivity index (χ3n) is 4.11. The number of fused-ring (bicyclic) bond motifs is 1. The van der Waals surface area contributed by atoms with Crippen LogP contribution in [-0.4, -0.2) is 15.9 Å². The molecule has 2 aromatic heterocycles. The van der Waals surface area contributed by atoms with Crippen LogP contribution in [0.5, 0.6) is 0 Å². The van der Waals surface area contributed by atoms with Crippen LogP contribution in [0, 0.1) is 27.7 Å². The van der Waals surface area contributed by atoms with Gasteiger partial charge in [0.05, 0.1) is 11.4 Å². The minimum Gasteiger partial charge on any atom is -0.330 e. The molecule has 0 atom stereocenters. The van der Waals surface area contributed by atoms with E-state index in [9.17, 15) is 0 Å². The normalized spacial score (nSPS) is 11.5. The van der Waals surface area contributed by atoms with Crippen molar-refractivity contribution in [3.8, 4) is 11.3 Å². The summed E-state index contributed by atoms with van der Waals surface area (Å²) in [7, 11) is 0. The summed E-state index contributed by atoms with van der Waals surface area (Å²) in [6, 6.07) is 6.67. The standard InChI is InChI=1S/C17H21N3S/c1-10-5-6-14(9-11(10)2)16-13(4)21-17-19-12(3)15(7-8-18)20(16)17/h5-6,9H,7-8,18H2,1-4H3. The summed E-state index contributed by atoms with van der Waals surface area (Å²) in [5, 5.41) is 0. The van der Waals surface area contributed by atoms with E-state index in [1.807, 2.05) is 0 Å². The molecule has 0 radical (unpaired) electrons. The van der Waals surface area contributed by atoms with Gasteiger partial charge in [-0.15, -0.1) is 11.3 Å². The molecule has 2 heterocycles. The van der Waals surface area contributed by atoms with E-state index in [1.165, 1.54) is 33.0 Å². The molecule has 2 N–H and O–H groups in total. The maximum absolute atomic E-state index is 5.78. The molecule has 0 aliphatic heterocycles. The summed E-state index contributed by atoms with van der Waals surface area (Å²) in [5.74, 6) is 0. The Morgan fingerprint density at radius 2 is 1.90 bits per heavy atom. The Morgan fingerprint density at radius 1 is 1.14 bits per heavy atom. The van der Waals surface area contributed by atoms with Crippen molar-refractivity contribution < 1.29 is 0 Å². The van der Waals surface area contributed by atoms with E-state index in [2.05, 4.69) is 50.3 Å². The van der Waals surface area contributed by atoms with Crippen LogP contribution in [0.4, 0.5) is 0 Å². The van der Waals surface area contributed by atoms with Crippen molar-refractivity contribution in [3.63, 3.8) is 0 Å². The van der Waals surface area contributed by atoms with E-state index < -0.39 is 0 Å². The van der Waals surface area contributed by atoms with Crippen LogP contribution < -0.4 is 5.73 Å². The number of aryl methyl sites for hydroxylation is 4. The smallest absolute Gasteiger partial charge is 0.194 e. The molecule has 0 fully saturated rings. The van der Waals surface area contributed by atoms with Crippen LogP contribution in [0.2, 0.25) is 0 Å². The molecule has 0 unspecified atom stereocenters. The highest BCUT2D eigenvalue weighted by Gasteiger charge is 2.18. The molecule has 0 saturated carbocycles. The van der Waals surface area contributed by atoms with Crippen LogP contribution in [0.3, 0.4) is 0 Å². The number of rotatable bonds is 3. The van der Waals surface area contributed by atoms with Crippen molar-refractivity contribution in [3.05, 3.63) is 45.6 Å². The van der Waals surface area contributed by atoms with Gasteiger partial charge < -0.3 is 5.73 Å². The average Bonchev–Trinajstić information content (AvgIpc) is 2.89. The molecule has 4 heteroatoms. The molecule has 110 valence electrons. The van der Waals surface area contributed by atoms with Crippen molar-refractivity contribution in [1.82, 2.24) is 9.38 Å². The van der Waals surface area contributed by atoms with Gasteiger partial charge in [-0.05, 0) is 57.0 Å². The molecule has 0 bridgehead atoms. The number of hydrogen-bond donors (Lipinski definition) is 1. The van der Waals surface area contributed by atoms with E-state index in [1.54, 1.807) is 11.3 Å². The van der Waals surface area contributed by atoms with Crippen LogP contribution in [-0.2, 0) is 6.42 Å². The van der Waals surface area contributed by atoms with E-state index >= 15 is 0 Å². The first-order valence-corrected chi connectivity index (χ1v) is 8.09. The number of benzene rings is 1. The largest absolute Gasteiger partial charge is 0.330 e. The van der Waals surface area contributed by atoms with Crippen molar-refractivity contribution >= 4 is 16.3 Å². The molecular weight excluding hydrogens is 278 g/mol. The molecule has 21 heavy (non-hydrogen) atoms. The predicted molar refractivity (Wildman–Crippen MR) is 90.2 cm³/mol. The molecule has 0 aliphatic carbocycles. The second-order valence-electron chi connectivity index (χ2n) is 5.61. The Kier molecular flexibility index (Phi) is 3.59. The number of imidazole rings is 1. The fraction of sp³-hybridized carbons (Fsp3) is 0.353. The van der Waals surface area contributed by atoms with Gasteiger partial charge in [0.2, 0.25) is 0 Å². The predicted octanol–water partition coefficient (Wildman–Crippen LogP) is 3.80. The van der Waals surface area contributed by atoms with E-state index in [-0.39, 0.29) is 0 Å². The molecular formula is C17H21N3S. The van der Waals surface area contributed by atoms with Crippen LogP contribution >= 0.6 is 11.3 Å². The van der Waals surface area contributed by atoms with Crippen molar-refractivity contribution in [1.29, 1.82) is 0 Å². The maximum atomic E-state index is 5.78. The van der Waals surface area contributed by atoms with Gasteiger partial charge in [-0.25, -0.2) is 4.98 Å². The van der Waals surface area contributed by atoms with Crippen LogP contribution in [0.15, 0.2) is 18.2 Å². The first kappa shape index (κ1) is 14.3. The Labute approximate surface area is 129 Å². The highest BCUT2D eigenvalue weighted by atomic mass is 32.1. The molecule has 0 spiro atoms. The Morgan fingerprint density at radius 3 is 2.57 bits per heavy atom. The number of thiazole rings is 1. The SMILES string of the molecule is Cc1ccc(-c2c(C)sc3nc(C)c(CCN)n23)cc1C. The van der Waals surface area contributed by atoms with Crippen LogP contribution in [0.25, 0.3) is 16.2 Å². The van der Waals surface area contributed by atoms with Crippen molar-refractivity contribution in [2.24, 2.45) is 5.73 Å². The lowest BCUT2D eigenvalue weighted by molar-refractivity contribution is 0.898. The summed E-state index contributed by atoms with van der Waals surface area (Å²) in [6.07, 6.45) is 0.862. The molecule has 3 aromatic rings. The number of hydrogen-bond acceptors (Lipinski definition) is 3. The number of nitrogens with zero attached hydrogens (tertiary/aromatic N) is 2. The average molecular weight is 299 g/mol. The van der Waals surface area contributed by atoms with Gasteiger partial charge in [0.15, 0.2) is 4.96 Å². The minimum atomic E-state index is 0.649. The zero-order chi connectivity index (χ0) is 15.1. The second kappa shape index (κ2) is 5.28. The molecule has 0 saturated heterocycles. The van der Waals surface area contributed by atoms with Gasteiger partial charge in [0.1, 0.15) is 0 Å². The monoisotopic (exact) mass is 299 g/mol. The van der Waals surface area contributed by atoms with Crippen molar-refractivity contribution in [2.75, 3.05) is 6.54 Å². The summed E-state index contributed by atoms with van der Waals surface area (Å²) in [6.45, 7) is 9.21. The maximum Gasteiger partial charge on any atom is 0.194 e.